The van der Waals surface area contributed by atoms with Gasteiger partial charge in [0.15, 0.2) is 0 Å². The molecule has 2 heterocycles. The van der Waals surface area contributed by atoms with E-state index >= 15 is 0 Å². The maximum absolute atomic E-state index is 4.30. The van der Waals surface area contributed by atoms with Crippen LogP contribution in [0.2, 0.25) is 0 Å². The van der Waals surface area contributed by atoms with Gasteiger partial charge in [-0.1, -0.05) is 84.9 Å². The normalized spacial score (nSPS) is 11.2. The third kappa shape index (κ3) is 4.06. The molecule has 0 aliphatic carbocycles. The van der Waals surface area contributed by atoms with Crippen molar-refractivity contribution in [2.75, 3.05) is 0 Å². The predicted octanol–water partition coefficient (Wildman–Crippen LogP) is 10.1. The molecule has 0 aliphatic rings. The summed E-state index contributed by atoms with van der Waals surface area (Å²) in [4.78, 5) is 8.60. The molecule has 0 unspecified atom stereocenters. The van der Waals surface area contributed by atoms with Gasteiger partial charge in [-0.25, -0.2) is 0 Å². The zero-order valence-corrected chi connectivity index (χ0v) is 22.6. The Hall–Kier alpha value is -5.08. The molecule has 0 saturated heterocycles. The van der Waals surface area contributed by atoms with Gasteiger partial charge in [0, 0.05) is 24.8 Å². The lowest BCUT2D eigenvalue weighted by Gasteiger charge is -2.19. The second kappa shape index (κ2) is 9.91. The van der Waals surface area contributed by atoms with Gasteiger partial charge >= 0.3 is 0 Å². The van der Waals surface area contributed by atoms with E-state index in [1.807, 2.05) is 24.8 Å². The summed E-state index contributed by atoms with van der Waals surface area (Å²) in [6.45, 7) is 4.24. The smallest absolute Gasteiger partial charge is 0.0303 e. The first-order chi connectivity index (χ1) is 19.7. The minimum absolute atomic E-state index is 1.18. The molecule has 2 heteroatoms. The van der Waals surface area contributed by atoms with Crippen LogP contribution in [0, 0.1) is 13.8 Å². The van der Waals surface area contributed by atoms with Gasteiger partial charge in [-0.05, 0) is 115 Å². The zero-order valence-electron chi connectivity index (χ0n) is 22.6. The van der Waals surface area contributed by atoms with Crippen LogP contribution in [0.15, 0.2) is 134 Å². The Morgan fingerprint density at radius 1 is 0.400 bits per heavy atom. The Morgan fingerprint density at radius 3 is 1.15 bits per heavy atom. The van der Waals surface area contributed by atoms with Gasteiger partial charge in [0.05, 0.1) is 0 Å². The van der Waals surface area contributed by atoms with Gasteiger partial charge in [0.25, 0.3) is 0 Å². The number of hydrogen-bond donors (Lipinski definition) is 0. The number of rotatable bonds is 4. The monoisotopic (exact) mass is 512 g/mol. The van der Waals surface area contributed by atoms with E-state index in [0.29, 0.717) is 0 Å². The predicted molar refractivity (Wildman–Crippen MR) is 168 cm³/mol. The van der Waals surface area contributed by atoms with Crippen molar-refractivity contribution in [2.45, 2.75) is 13.8 Å². The lowest BCUT2D eigenvalue weighted by molar-refractivity contribution is 1.27. The van der Waals surface area contributed by atoms with Crippen molar-refractivity contribution in [1.29, 1.82) is 0 Å². The molecule has 0 amide bonds. The first-order valence-electron chi connectivity index (χ1n) is 13.7. The molecule has 2 nitrogen and oxygen atoms in total. The van der Waals surface area contributed by atoms with Crippen molar-refractivity contribution in [3.63, 3.8) is 0 Å². The van der Waals surface area contributed by atoms with E-state index in [0.717, 1.165) is 0 Å². The van der Waals surface area contributed by atoms with Crippen LogP contribution in [0.1, 0.15) is 11.1 Å². The summed E-state index contributed by atoms with van der Waals surface area (Å²) in [5.74, 6) is 0. The molecule has 0 atom stereocenters. The molecule has 40 heavy (non-hydrogen) atoms. The summed E-state index contributed by atoms with van der Waals surface area (Å²) < 4.78 is 0. The van der Waals surface area contributed by atoms with E-state index in [1.165, 1.54) is 77.2 Å². The Balaban J connectivity index is 1.51. The standard InChI is InChI=1S/C38H28N2/c1-25-23-39-19-17-31(25)27-9-7-11-29(21-27)37-33-13-3-5-15-35(33)38(36-16-6-4-14-34(36)37)30-12-8-10-28(22-30)32-18-20-40-24-26(32)2/h3-24H,1-2H3. The van der Waals surface area contributed by atoms with Crippen LogP contribution in [-0.4, -0.2) is 9.97 Å². The third-order valence-corrected chi connectivity index (χ3v) is 7.90. The molecule has 0 bridgehead atoms. The topological polar surface area (TPSA) is 25.8 Å². The van der Waals surface area contributed by atoms with Gasteiger partial charge in [-0.2, -0.15) is 0 Å². The maximum Gasteiger partial charge on any atom is 0.0303 e. The first kappa shape index (κ1) is 24.0. The van der Waals surface area contributed by atoms with Crippen molar-refractivity contribution in [2.24, 2.45) is 0 Å². The van der Waals surface area contributed by atoms with Gasteiger partial charge in [-0.15, -0.1) is 0 Å². The SMILES string of the molecule is Cc1cnccc1-c1cccc(-c2c3ccccc3c(-c3cccc(-c4ccncc4C)c3)c3ccccc23)c1. The largest absolute Gasteiger partial charge is 0.264 e. The van der Waals surface area contributed by atoms with Crippen molar-refractivity contribution < 1.29 is 0 Å². The molecule has 7 rings (SSSR count). The fraction of sp³-hybridized carbons (Fsp3) is 0.0526. The number of pyridine rings is 2. The average Bonchev–Trinajstić information content (AvgIpc) is 3.00. The number of aryl methyl sites for hydroxylation is 2. The van der Waals surface area contributed by atoms with Gasteiger partial charge < -0.3 is 0 Å². The highest BCUT2D eigenvalue weighted by Gasteiger charge is 2.17. The summed E-state index contributed by atoms with van der Waals surface area (Å²) in [5, 5.41) is 5.02. The summed E-state index contributed by atoms with van der Waals surface area (Å²) in [7, 11) is 0. The van der Waals surface area contributed by atoms with Crippen LogP contribution in [0.4, 0.5) is 0 Å². The van der Waals surface area contributed by atoms with Gasteiger partial charge in [0.2, 0.25) is 0 Å². The average molecular weight is 513 g/mol. The molecule has 0 N–H and O–H groups in total. The Kier molecular flexibility index (Phi) is 5.94. The van der Waals surface area contributed by atoms with Gasteiger partial charge in [0.1, 0.15) is 0 Å². The molecular formula is C38H28N2. The Bertz CT molecular complexity index is 1830. The maximum atomic E-state index is 4.30. The number of nitrogens with zero attached hydrogens (tertiary/aromatic N) is 2. The third-order valence-electron chi connectivity index (χ3n) is 7.90. The molecule has 0 saturated carbocycles. The lowest BCUT2D eigenvalue weighted by Crippen LogP contribution is -1.92. The zero-order chi connectivity index (χ0) is 27.1. The van der Waals surface area contributed by atoms with Gasteiger partial charge in [-0.3, -0.25) is 9.97 Å². The fourth-order valence-electron chi connectivity index (χ4n) is 6.03. The molecule has 0 radical (unpaired) electrons. The number of hydrogen-bond acceptors (Lipinski definition) is 2. The molecule has 0 spiro atoms. The van der Waals surface area contributed by atoms with Crippen molar-refractivity contribution in [1.82, 2.24) is 9.97 Å². The highest BCUT2D eigenvalue weighted by Crippen LogP contribution is 2.44. The first-order valence-corrected chi connectivity index (χ1v) is 13.7. The molecule has 5 aromatic carbocycles. The fourth-order valence-corrected chi connectivity index (χ4v) is 6.03. The van der Waals surface area contributed by atoms with Crippen LogP contribution in [0.5, 0.6) is 0 Å². The summed E-state index contributed by atoms with van der Waals surface area (Å²) in [5.41, 5.74) is 12.2. The van der Waals surface area contributed by atoms with Crippen LogP contribution in [-0.2, 0) is 0 Å². The van der Waals surface area contributed by atoms with Crippen LogP contribution >= 0.6 is 0 Å². The van der Waals surface area contributed by atoms with E-state index in [1.54, 1.807) is 0 Å². The van der Waals surface area contributed by atoms with Crippen LogP contribution in [0.3, 0.4) is 0 Å². The Labute approximate surface area is 234 Å². The molecular weight excluding hydrogens is 484 g/mol. The molecule has 190 valence electrons. The summed E-state index contributed by atoms with van der Waals surface area (Å²) in [6, 6.07) is 39.7. The highest BCUT2D eigenvalue weighted by molar-refractivity contribution is 6.21. The number of benzene rings is 5. The van der Waals surface area contributed by atoms with Crippen LogP contribution < -0.4 is 0 Å². The van der Waals surface area contributed by atoms with E-state index < -0.39 is 0 Å². The second-order valence-corrected chi connectivity index (χ2v) is 10.4. The quantitative estimate of drug-likeness (QED) is 0.219. The van der Waals surface area contributed by atoms with E-state index in [2.05, 4.69) is 133 Å². The van der Waals surface area contributed by atoms with Crippen LogP contribution in [0.25, 0.3) is 66.1 Å². The minimum Gasteiger partial charge on any atom is -0.264 e. The molecule has 0 aliphatic heterocycles. The highest BCUT2D eigenvalue weighted by atomic mass is 14.6. The lowest BCUT2D eigenvalue weighted by atomic mass is 9.85. The molecule has 7 aromatic rings. The summed E-state index contributed by atoms with van der Waals surface area (Å²) >= 11 is 0. The summed E-state index contributed by atoms with van der Waals surface area (Å²) in [6.07, 6.45) is 7.61. The van der Waals surface area contributed by atoms with Crippen molar-refractivity contribution in [3.8, 4) is 44.5 Å². The number of fused-ring (bicyclic) bond motifs is 2. The second-order valence-electron chi connectivity index (χ2n) is 10.4. The van der Waals surface area contributed by atoms with E-state index in [9.17, 15) is 0 Å². The van der Waals surface area contributed by atoms with E-state index in [4.69, 9.17) is 0 Å². The Morgan fingerprint density at radius 2 is 0.775 bits per heavy atom. The van der Waals surface area contributed by atoms with Crippen molar-refractivity contribution >= 4 is 21.5 Å². The number of aromatic nitrogens is 2. The van der Waals surface area contributed by atoms with Crippen molar-refractivity contribution in [3.05, 3.63) is 145 Å². The molecule has 0 fully saturated rings. The van der Waals surface area contributed by atoms with E-state index in [-0.39, 0.29) is 0 Å². The minimum atomic E-state index is 1.18. The molecule has 2 aromatic heterocycles.